The molecule has 2 rings (SSSR count). The maximum Gasteiger partial charge on any atom is 0.196 e. The van der Waals surface area contributed by atoms with Gasteiger partial charge < -0.3 is 14.4 Å². The van der Waals surface area contributed by atoms with Crippen molar-refractivity contribution in [2.45, 2.75) is 11.8 Å². The average molecular weight is 321 g/mol. The van der Waals surface area contributed by atoms with E-state index in [-0.39, 0.29) is 23.5 Å². The Morgan fingerprint density at radius 3 is 2.41 bits per heavy atom. The second kappa shape index (κ2) is 6.17. The van der Waals surface area contributed by atoms with E-state index in [1.807, 2.05) is 0 Å². The molecule has 22 heavy (non-hydrogen) atoms. The Kier molecular flexibility index (Phi) is 4.48. The van der Waals surface area contributed by atoms with Gasteiger partial charge in [-0.1, -0.05) is 30.3 Å². The van der Waals surface area contributed by atoms with E-state index >= 15 is 0 Å². The highest BCUT2D eigenvalue weighted by Crippen LogP contribution is 2.32. The number of hydrogen-bond donors (Lipinski definition) is 1. The van der Waals surface area contributed by atoms with Crippen LogP contribution in [0.25, 0.3) is 0 Å². The smallest absolute Gasteiger partial charge is 0.196 e. The normalized spacial score (nSPS) is 11.2. The van der Waals surface area contributed by atoms with E-state index in [4.69, 9.17) is 4.74 Å². The van der Waals surface area contributed by atoms with Crippen LogP contribution < -0.4 is 4.74 Å². The average Bonchev–Trinajstić information content (AvgIpc) is 2.47. The van der Waals surface area contributed by atoms with Crippen molar-refractivity contribution in [2.75, 3.05) is 6.61 Å². The summed E-state index contributed by atoms with van der Waals surface area (Å²) in [6, 6.07) is 9.81. The zero-order valence-electron chi connectivity index (χ0n) is 11.6. The van der Waals surface area contributed by atoms with Gasteiger partial charge in [0.25, 0.3) is 0 Å². The molecule has 0 aliphatic heterocycles. The summed E-state index contributed by atoms with van der Waals surface area (Å²) >= 11 is 0. The zero-order chi connectivity index (χ0) is 16.3. The third-order valence-electron chi connectivity index (χ3n) is 2.91. The van der Waals surface area contributed by atoms with Crippen LogP contribution >= 0.6 is 0 Å². The fourth-order valence-electron chi connectivity index (χ4n) is 1.94. The monoisotopic (exact) mass is 321 g/mol. The van der Waals surface area contributed by atoms with Crippen molar-refractivity contribution < 1.29 is 27.6 Å². The Bertz CT molecular complexity index is 796. The lowest BCUT2D eigenvalue weighted by molar-refractivity contribution is 0.103. The summed E-state index contributed by atoms with van der Waals surface area (Å²) < 4.78 is 39.0. The molecule has 6 nitrogen and oxygen atoms in total. The van der Waals surface area contributed by atoms with Crippen molar-refractivity contribution in [3.05, 3.63) is 53.6 Å². The first kappa shape index (κ1) is 16.0. The largest absolute Gasteiger partial charge is 0.744 e. The van der Waals surface area contributed by atoms with Crippen LogP contribution in [0, 0.1) is 0 Å². The molecule has 0 atom stereocenters. The van der Waals surface area contributed by atoms with Crippen molar-refractivity contribution in [3.8, 4) is 11.5 Å². The highest BCUT2D eigenvalue weighted by atomic mass is 32.2. The van der Waals surface area contributed by atoms with Crippen molar-refractivity contribution in [2.24, 2.45) is 0 Å². The zero-order valence-corrected chi connectivity index (χ0v) is 12.5. The number of aromatic hydroxyl groups is 1. The fraction of sp³-hybridized carbons (Fsp3) is 0.133. The van der Waals surface area contributed by atoms with E-state index in [2.05, 4.69) is 0 Å². The maximum atomic E-state index is 12.3. The lowest BCUT2D eigenvalue weighted by atomic mass is 10.0. The molecule has 2 aromatic carbocycles. The van der Waals surface area contributed by atoms with Gasteiger partial charge in [0, 0.05) is 11.6 Å². The quantitative estimate of drug-likeness (QED) is 0.666. The van der Waals surface area contributed by atoms with E-state index in [1.165, 1.54) is 12.1 Å². The summed E-state index contributed by atoms with van der Waals surface area (Å²) in [5, 5.41) is 9.94. The minimum absolute atomic E-state index is 0.105. The molecular weight excluding hydrogens is 308 g/mol. The Balaban J connectivity index is 2.61. The predicted molar refractivity (Wildman–Crippen MR) is 77.1 cm³/mol. The first-order valence-corrected chi connectivity index (χ1v) is 7.81. The predicted octanol–water partition coefficient (Wildman–Crippen LogP) is 1.93. The summed E-state index contributed by atoms with van der Waals surface area (Å²) in [7, 11) is -4.85. The number of carbonyl (C=O) groups is 1. The number of ether oxygens (including phenoxy) is 1. The SMILES string of the molecule is CCOc1cc(O)c(C(=O)c2ccccc2)cc1S(=O)(=O)[O-]. The number of phenolic OH excluding ortho intramolecular Hbond substituents is 1. The maximum absolute atomic E-state index is 12.3. The lowest BCUT2D eigenvalue weighted by Crippen LogP contribution is -2.08. The van der Waals surface area contributed by atoms with Crippen molar-refractivity contribution in [3.63, 3.8) is 0 Å². The van der Waals surface area contributed by atoms with Crippen LogP contribution in [-0.2, 0) is 10.1 Å². The highest BCUT2D eigenvalue weighted by molar-refractivity contribution is 7.85. The molecule has 0 bridgehead atoms. The molecule has 0 amide bonds. The number of rotatable bonds is 5. The van der Waals surface area contributed by atoms with Crippen LogP contribution in [0.15, 0.2) is 47.4 Å². The lowest BCUT2D eigenvalue weighted by Gasteiger charge is -2.15. The Hall–Kier alpha value is -2.38. The van der Waals surface area contributed by atoms with Gasteiger partial charge in [0.05, 0.1) is 17.1 Å². The summed E-state index contributed by atoms with van der Waals surface area (Å²) in [5.74, 6) is -1.32. The van der Waals surface area contributed by atoms with Crippen LogP contribution in [0.1, 0.15) is 22.8 Å². The molecule has 0 heterocycles. The molecule has 0 saturated heterocycles. The first-order valence-electron chi connectivity index (χ1n) is 6.40. The molecule has 0 spiro atoms. The van der Waals surface area contributed by atoms with Gasteiger partial charge >= 0.3 is 0 Å². The summed E-state index contributed by atoms with van der Waals surface area (Å²) in [5.41, 5.74) is -0.0136. The highest BCUT2D eigenvalue weighted by Gasteiger charge is 2.20. The molecule has 0 saturated carbocycles. The third-order valence-corrected chi connectivity index (χ3v) is 3.77. The topological polar surface area (TPSA) is 104 Å². The number of hydrogen-bond acceptors (Lipinski definition) is 6. The van der Waals surface area contributed by atoms with Crippen LogP contribution in [0.3, 0.4) is 0 Å². The molecule has 2 aromatic rings. The van der Waals surface area contributed by atoms with E-state index in [0.717, 1.165) is 12.1 Å². The van der Waals surface area contributed by atoms with Gasteiger partial charge in [-0.05, 0) is 13.0 Å². The standard InChI is InChI=1S/C15H14O6S/c1-2-21-13-9-12(16)11(8-14(13)22(18,19)20)15(17)10-6-4-3-5-7-10/h3-9,16H,2H2,1H3,(H,18,19,20)/p-1. The van der Waals surface area contributed by atoms with E-state index in [0.29, 0.717) is 0 Å². The number of phenols is 1. The minimum Gasteiger partial charge on any atom is -0.744 e. The van der Waals surface area contributed by atoms with E-state index in [1.54, 1.807) is 25.1 Å². The molecule has 0 aliphatic carbocycles. The van der Waals surface area contributed by atoms with Gasteiger partial charge in [0.2, 0.25) is 0 Å². The van der Waals surface area contributed by atoms with E-state index in [9.17, 15) is 22.9 Å². The number of ketones is 1. The summed E-state index contributed by atoms with van der Waals surface area (Å²) in [6.07, 6.45) is 0. The molecule has 0 aromatic heterocycles. The van der Waals surface area contributed by atoms with Crippen LogP contribution in [0.2, 0.25) is 0 Å². The van der Waals surface area contributed by atoms with Gasteiger partial charge in [0.15, 0.2) is 5.78 Å². The number of carbonyl (C=O) groups excluding carboxylic acids is 1. The van der Waals surface area contributed by atoms with Gasteiger partial charge in [0.1, 0.15) is 21.6 Å². The molecule has 0 fully saturated rings. The van der Waals surface area contributed by atoms with Crippen LogP contribution in [0.4, 0.5) is 0 Å². The molecular formula is C15H13O6S-. The van der Waals surface area contributed by atoms with Gasteiger partial charge in [-0.2, -0.15) is 0 Å². The van der Waals surface area contributed by atoms with Gasteiger partial charge in [-0.25, -0.2) is 8.42 Å². The molecule has 0 unspecified atom stereocenters. The number of benzene rings is 2. The summed E-state index contributed by atoms with van der Waals surface area (Å²) in [6.45, 7) is 1.70. The molecule has 7 heteroatoms. The van der Waals surface area contributed by atoms with E-state index < -0.39 is 26.5 Å². The molecule has 116 valence electrons. The minimum atomic E-state index is -4.85. The van der Waals surface area contributed by atoms with Gasteiger partial charge in [-0.15, -0.1) is 0 Å². The second-order valence-electron chi connectivity index (χ2n) is 4.40. The van der Waals surface area contributed by atoms with Crippen molar-refractivity contribution in [1.29, 1.82) is 0 Å². The Morgan fingerprint density at radius 1 is 1.23 bits per heavy atom. The third kappa shape index (κ3) is 3.26. The Labute approximate surface area is 127 Å². The van der Waals surface area contributed by atoms with Crippen LogP contribution in [-0.4, -0.2) is 30.5 Å². The van der Waals surface area contributed by atoms with Gasteiger partial charge in [-0.3, -0.25) is 4.79 Å². The second-order valence-corrected chi connectivity index (χ2v) is 5.75. The summed E-state index contributed by atoms with van der Waals surface area (Å²) in [4.78, 5) is 11.6. The molecule has 0 radical (unpaired) electrons. The fourth-order valence-corrected chi connectivity index (χ4v) is 2.57. The Morgan fingerprint density at radius 2 is 1.86 bits per heavy atom. The molecule has 0 aliphatic rings. The van der Waals surface area contributed by atoms with Crippen LogP contribution in [0.5, 0.6) is 11.5 Å². The van der Waals surface area contributed by atoms with Crippen molar-refractivity contribution in [1.82, 2.24) is 0 Å². The van der Waals surface area contributed by atoms with Crippen molar-refractivity contribution >= 4 is 15.9 Å². The molecule has 1 N–H and O–H groups in total. The first-order chi connectivity index (χ1) is 10.3.